The number of amides is 1. The summed E-state index contributed by atoms with van der Waals surface area (Å²) in [7, 11) is 0. The second-order valence-corrected chi connectivity index (χ2v) is 14.0. The molecule has 3 saturated carbocycles. The molecule has 0 unspecified atom stereocenters. The maximum Gasteiger partial charge on any atom is 0.302 e. The van der Waals surface area contributed by atoms with Crippen molar-refractivity contribution in [3.05, 3.63) is 23.0 Å². The Labute approximate surface area is 224 Å². The first-order valence-corrected chi connectivity index (χ1v) is 14.9. The summed E-state index contributed by atoms with van der Waals surface area (Å²) in [4.78, 5) is 22.9. The molecule has 0 saturated heterocycles. The number of esters is 1. The molecule has 5 nitrogen and oxygen atoms in total. The maximum atomic E-state index is 11.6. The number of nitrogens with one attached hydrogen (secondary N) is 1. The maximum absolute atomic E-state index is 11.6. The predicted octanol–water partition coefficient (Wildman–Crippen LogP) is 6.72. The van der Waals surface area contributed by atoms with Gasteiger partial charge in [0.25, 0.3) is 0 Å². The molecule has 1 amide bonds. The van der Waals surface area contributed by atoms with Gasteiger partial charge in [-0.15, -0.1) is 0 Å². The SMILES string of the molecule is CC(=O)NC[C@@H](C)CCC1=C(C)[C@H]2[C@@]3(C)CC[C@@H]4[C@H](CC=C5C[C@@H](OC(C)=O)CC[C@@]54C)[C@H]3C[C@@]2(C)O1. The highest BCUT2D eigenvalue weighted by atomic mass is 16.5. The first kappa shape index (κ1) is 26.8. The molecular weight excluding hydrogens is 462 g/mol. The molecule has 1 N–H and O–H groups in total. The fourth-order valence-electron chi connectivity index (χ4n) is 9.93. The molecule has 9 atom stereocenters. The molecule has 37 heavy (non-hydrogen) atoms. The van der Waals surface area contributed by atoms with Gasteiger partial charge in [-0.3, -0.25) is 9.59 Å². The second-order valence-electron chi connectivity index (χ2n) is 14.0. The fraction of sp³-hybridized carbons (Fsp3) is 0.812. The van der Waals surface area contributed by atoms with Crippen molar-refractivity contribution in [2.24, 2.45) is 40.4 Å². The summed E-state index contributed by atoms with van der Waals surface area (Å²) in [5, 5.41) is 2.96. The Morgan fingerprint density at radius 3 is 2.62 bits per heavy atom. The van der Waals surface area contributed by atoms with E-state index in [0.717, 1.165) is 56.9 Å². The molecule has 1 aliphatic heterocycles. The third-order valence-electron chi connectivity index (χ3n) is 11.5. The van der Waals surface area contributed by atoms with Gasteiger partial charge in [-0.2, -0.15) is 0 Å². The largest absolute Gasteiger partial charge is 0.491 e. The summed E-state index contributed by atoms with van der Waals surface area (Å²) >= 11 is 0. The number of ether oxygens (including phenoxy) is 2. The quantitative estimate of drug-likeness (QED) is 0.317. The summed E-state index contributed by atoms with van der Waals surface area (Å²) < 4.78 is 12.5. The van der Waals surface area contributed by atoms with Crippen LogP contribution in [0.1, 0.15) is 106 Å². The Kier molecular flexibility index (Phi) is 6.85. The van der Waals surface area contributed by atoms with Crippen LogP contribution in [-0.2, 0) is 19.1 Å². The van der Waals surface area contributed by atoms with Crippen LogP contribution in [0.5, 0.6) is 0 Å². The van der Waals surface area contributed by atoms with Crippen molar-refractivity contribution in [1.29, 1.82) is 0 Å². The average Bonchev–Trinajstić information content (AvgIpc) is 3.22. The van der Waals surface area contributed by atoms with Gasteiger partial charge in [-0.25, -0.2) is 0 Å². The van der Waals surface area contributed by atoms with Crippen molar-refractivity contribution in [3.63, 3.8) is 0 Å². The Morgan fingerprint density at radius 1 is 1.16 bits per heavy atom. The normalized spacial score (nSPS) is 43.0. The molecule has 5 aliphatic rings. The number of carbonyl (C=O) groups is 2. The smallest absolute Gasteiger partial charge is 0.302 e. The Morgan fingerprint density at radius 2 is 1.92 bits per heavy atom. The minimum Gasteiger partial charge on any atom is -0.491 e. The first-order chi connectivity index (χ1) is 17.4. The summed E-state index contributed by atoms with van der Waals surface area (Å²) in [6, 6.07) is 0. The molecule has 4 aliphatic carbocycles. The van der Waals surface area contributed by atoms with Crippen LogP contribution in [0.25, 0.3) is 0 Å². The molecule has 3 fully saturated rings. The van der Waals surface area contributed by atoms with E-state index in [1.165, 1.54) is 37.5 Å². The zero-order valence-electron chi connectivity index (χ0n) is 24.2. The van der Waals surface area contributed by atoms with Gasteiger partial charge in [0.2, 0.25) is 5.91 Å². The van der Waals surface area contributed by atoms with Crippen LogP contribution in [0.2, 0.25) is 0 Å². The van der Waals surface area contributed by atoms with E-state index in [0.29, 0.717) is 23.2 Å². The lowest BCUT2D eigenvalue weighted by molar-refractivity contribution is -0.148. The molecule has 0 radical (unpaired) electrons. The van der Waals surface area contributed by atoms with E-state index in [9.17, 15) is 9.59 Å². The number of fused-ring (bicyclic) bond motifs is 7. The van der Waals surface area contributed by atoms with E-state index in [1.54, 1.807) is 12.5 Å². The second kappa shape index (κ2) is 9.45. The first-order valence-electron chi connectivity index (χ1n) is 14.9. The van der Waals surface area contributed by atoms with Crippen molar-refractivity contribution in [3.8, 4) is 0 Å². The van der Waals surface area contributed by atoms with Gasteiger partial charge < -0.3 is 14.8 Å². The van der Waals surface area contributed by atoms with Gasteiger partial charge in [0.1, 0.15) is 11.7 Å². The van der Waals surface area contributed by atoms with Crippen molar-refractivity contribution < 1.29 is 19.1 Å². The molecule has 1 heterocycles. The van der Waals surface area contributed by atoms with Gasteiger partial charge in [-0.05, 0) is 98.9 Å². The van der Waals surface area contributed by atoms with E-state index >= 15 is 0 Å². The van der Waals surface area contributed by atoms with Crippen LogP contribution in [0, 0.1) is 40.4 Å². The van der Waals surface area contributed by atoms with Crippen LogP contribution in [0.15, 0.2) is 23.0 Å². The molecule has 0 aromatic heterocycles. The highest BCUT2D eigenvalue weighted by molar-refractivity contribution is 5.72. The third-order valence-corrected chi connectivity index (χ3v) is 11.5. The van der Waals surface area contributed by atoms with Gasteiger partial charge in [0.15, 0.2) is 0 Å². The monoisotopic (exact) mass is 511 g/mol. The topological polar surface area (TPSA) is 64.6 Å². The van der Waals surface area contributed by atoms with Gasteiger partial charge in [0, 0.05) is 39.2 Å². The van der Waals surface area contributed by atoms with Gasteiger partial charge >= 0.3 is 5.97 Å². The zero-order valence-corrected chi connectivity index (χ0v) is 24.2. The highest BCUT2D eigenvalue weighted by Gasteiger charge is 2.67. The number of rotatable bonds is 6. The minimum atomic E-state index is -0.146. The highest BCUT2D eigenvalue weighted by Crippen LogP contribution is 2.71. The number of allylic oxidation sites excluding steroid dienone is 2. The molecule has 5 rings (SSSR count). The van der Waals surface area contributed by atoms with E-state index in [1.807, 2.05) is 0 Å². The lowest BCUT2D eigenvalue weighted by atomic mass is 9.47. The van der Waals surface area contributed by atoms with Crippen LogP contribution in [-0.4, -0.2) is 30.1 Å². The van der Waals surface area contributed by atoms with Crippen LogP contribution in [0.3, 0.4) is 0 Å². The van der Waals surface area contributed by atoms with E-state index < -0.39 is 0 Å². The lowest BCUT2D eigenvalue weighted by Crippen LogP contribution is -2.50. The van der Waals surface area contributed by atoms with Crippen molar-refractivity contribution in [2.75, 3.05) is 6.54 Å². The summed E-state index contributed by atoms with van der Waals surface area (Å²) in [5.41, 5.74) is 3.51. The molecule has 5 heteroatoms. The summed E-state index contributed by atoms with van der Waals surface area (Å²) in [5.74, 6) is 4.22. The van der Waals surface area contributed by atoms with E-state index in [4.69, 9.17) is 9.47 Å². The molecule has 0 bridgehead atoms. The Hall–Kier alpha value is -1.78. The summed E-state index contributed by atoms with van der Waals surface area (Å²) in [6.07, 6.45) is 12.6. The molecule has 0 spiro atoms. The molecule has 0 aromatic carbocycles. The Balaban J connectivity index is 1.32. The van der Waals surface area contributed by atoms with Crippen LogP contribution < -0.4 is 5.32 Å². The average molecular weight is 512 g/mol. The number of hydrogen-bond donors (Lipinski definition) is 1. The lowest BCUT2D eigenvalue weighted by Gasteiger charge is -2.58. The number of carbonyl (C=O) groups excluding carboxylic acids is 2. The number of hydrogen-bond acceptors (Lipinski definition) is 4. The predicted molar refractivity (Wildman–Crippen MR) is 145 cm³/mol. The van der Waals surface area contributed by atoms with E-state index in [2.05, 4.69) is 46.0 Å². The standard InChI is InChI=1S/C32H49NO4/c1-19(18-33-21(3)34)8-11-28-20(2)29-31(6)15-13-26-25(27(31)17-32(29,7)37-28)10-9-23-16-24(36-22(4)35)12-14-30(23,26)5/h9,19,24-27,29H,8,10-18H2,1-7H3,(H,33,34)/t19-,24-,25-,26+,27+,29-,30-,31-,32+/m0/s1. The van der Waals surface area contributed by atoms with Crippen molar-refractivity contribution in [2.45, 2.75) is 118 Å². The fourth-order valence-corrected chi connectivity index (χ4v) is 9.93. The van der Waals surface area contributed by atoms with Crippen LogP contribution >= 0.6 is 0 Å². The molecule has 0 aromatic rings. The van der Waals surface area contributed by atoms with Crippen LogP contribution in [0.4, 0.5) is 0 Å². The van der Waals surface area contributed by atoms with Crippen molar-refractivity contribution in [1.82, 2.24) is 5.32 Å². The van der Waals surface area contributed by atoms with Gasteiger partial charge in [-0.1, -0.05) is 32.4 Å². The zero-order chi connectivity index (χ0) is 26.8. The van der Waals surface area contributed by atoms with Crippen molar-refractivity contribution >= 4 is 11.9 Å². The summed E-state index contributed by atoms with van der Waals surface area (Å²) in [6.45, 7) is 15.9. The minimum absolute atomic E-state index is 0.0481. The van der Waals surface area contributed by atoms with Gasteiger partial charge in [0.05, 0.1) is 5.76 Å². The van der Waals surface area contributed by atoms with E-state index in [-0.39, 0.29) is 29.0 Å². The Bertz CT molecular complexity index is 1010. The third kappa shape index (κ3) is 4.46. The molecule has 206 valence electrons. The molecular formula is C32H49NO4.